The molecular weight excluding hydrogens is 328 g/mol. The number of hydrazine groups is 1. The van der Waals surface area contributed by atoms with Crippen molar-refractivity contribution in [2.24, 2.45) is 11.3 Å². The van der Waals surface area contributed by atoms with E-state index in [1.807, 2.05) is 19.2 Å². The molecule has 3 N–H and O–H groups in total. The van der Waals surface area contributed by atoms with Crippen LogP contribution in [0.15, 0.2) is 18.6 Å². The number of fused-ring (bicyclic) bond motifs is 1. The van der Waals surface area contributed by atoms with E-state index in [1.165, 1.54) is 25.7 Å². The SMILES string of the molecule is CCNC(=O)C1CCC2(CC1)CCN(Nc1ncnc3[nH]ccc13)CC2. The minimum Gasteiger partial charge on any atom is -0.356 e. The van der Waals surface area contributed by atoms with Crippen molar-refractivity contribution in [2.75, 3.05) is 25.1 Å². The zero-order chi connectivity index (χ0) is 18.0. The Hall–Kier alpha value is -2.15. The van der Waals surface area contributed by atoms with Crippen molar-refractivity contribution in [2.45, 2.75) is 45.4 Å². The van der Waals surface area contributed by atoms with Gasteiger partial charge in [0, 0.05) is 31.7 Å². The molecule has 2 fully saturated rings. The number of anilines is 1. The van der Waals surface area contributed by atoms with Crippen molar-refractivity contribution in [3.8, 4) is 0 Å². The molecule has 0 unspecified atom stereocenters. The minimum atomic E-state index is 0.222. The predicted molar refractivity (Wildman–Crippen MR) is 101 cm³/mol. The predicted octanol–water partition coefficient (Wildman–Crippen LogP) is 2.69. The molecule has 0 aromatic carbocycles. The van der Waals surface area contributed by atoms with E-state index in [1.54, 1.807) is 6.33 Å². The van der Waals surface area contributed by atoms with Gasteiger partial charge in [0.15, 0.2) is 5.82 Å². The Morgan fingerprint density at radius 1 is 1.27 bits per heavy atom. The van der Waals surface area contributed by atoms with Gasteiger partial charge in [0.25, 0.3) is 0 Å². The number of carbonyl (C=O) groups is 1. The second kappa shape index (κ2) is 7.23. The van der Waals surface area contributed by atoms with Gasteiger partial charge in [0.05, 0.1) is 5.39 Å². The molecule has 4 rings (SSSR count). The van der Waals surface area contributed by atoms with Gasteiger partial charge in [-0.25, -0.2) is 15.0 Å². The summed E-state index contributed by atoms with van der Waals surface area (Å²) in [6.07, 6.45) is 10.3. The fraction of sp³-hybridized carbons (Fsp3) is 0.632. The van der Waals surface area contributed by atoms with E-state index in [-0.39, 0.29) is 11.8 Å². The normalized spacial score (nSPS) is 21.1. The van der Waals surface area contributed by atoms with E-state index in [0.717, 1.165) is 49.3 Å². The highest BCUT2D eigenvalue weighted by Crippen LogP contribution is 2.46. The molecule has 2 aromatic rings. The van der Waals surface area contributed by atoms with Gasteiger partial charge in [0.2, 0.25) is 5.91 Å². The highest BCUT2D eigenvalue weighted by Gasteiger charge is 2.39. The molecule has 1 spiro atoms. The summed E-state index contributed by atoms with van der Waals surface area (Å²) in [5, 5.41) is 6.28. The first-order valence-corrected chi connectivity index (χ1v) is 9.76. The number of H-pyrrole nitrogens is 1. The quantitative estimate of drug-likeness (QED) is 0.784. The summed E-state index contributed by atoms with van der Waals surface area (Å²) in [5.74, 6) is 1.34. The number of carbonyl (C=O) groups excluding carboxylic acids is 1. The highest BCUT2D eigenvalue weighted by atomic mass is 16.1. The Labute approximate surface area is 153 Å². The van der Waals surface area contributed by atoms with Crippen LogP contribution < -0.4 is 10.7 Å². The third kappa shape index (κ3) is 3.40. The molecule has 1 amide bonds. The molecule has 1 aliphatic carbocycles. The van der Waals surface area contributed by atoms with Crippen molar-refractivity contribution >= 4 is 22.8 Å². The summed E-state index contributed by atoms with van der Waals surface area (Å²) >= 11 is 0. The summed E-state index contributed by atoms with van der Waals surface area (Å²) in [6, 6.07) is 2.01. The highest BCUT2D eigenvalue weighted by molar-refractivity contribution is 5.86. The van der Waals surface area contributed by atoms with Crippen LogP contribution in [0.25, 0.3) is 11.0 Å². The van der Waals surface area contributed by atoms with Gasteiger partial charge in [-0.2, -0.15) is 0 Å². The van der Waals surface area contributed by atoms with Crippen LogP contribution in [0.1, 0.15) is 45.4 Å². The Kier molecular flexibility index (Phi) is 4.80. The van der Waals surface area contributed by atoms with Crippen molar-refractivity contribution in [1.29, 1.82) is 0 Å². The lowest BCUT2D eigenvalue weighted by Gasteiger charge is -2.45. The van der Waals surface area contributed by atoms with Crippen molar-refractivity contribution in [3.63, 3.8) is 0 Å². The van der Waals surface area contributed by atoms with E-state index < -0.39 is 0 Å². The van der Waals surface area contributed by atoms with Crippen LogP contribution in [0.2, 0.25) is 0 Å². The lowest BCUT2D eigenvalue weighted by Crippen LogP contribution is -2.45. The van der Waals surface area contributed by atoms with Gasteiger partial charge < -0.3 is 15.7 Å². The molecule has 1 saturated heterocycles. The molecule has 2 aromatic heterocycles. The molecule has 0 atom stereocenters. The van der Waals surface area contributed by atoms with Gasteiger partial charge in [0.1, 0.15) is 12.0 Å². The number of aromatic amines is 1. The standard InChI is InChI=1S/C19H28N6O/c1-2-20-18(26)14-3-6-19(7-4-14)8-11-25(12-9-19)24-17-15-5-10-21-16(15)22-13-23-17/h5,10,13-14H,2-4,6-9,11-12H2,1H3,(H,20,26)(H2,21,22,23,24). The van der Waals surface area contributed by atoms with Gasteiger partial charge in [-0.15, -0.1) is 0 Å². The topological polar surface area (TPSA) is 85.9 Å². The lowest BCUT2D eigenvalue weighted by molar-refractivity contribution is -0.127. The van der Waals surface area contributed by atoms with Crippen LogP contribution in [-0.2, 0) is 4.79 Å². The summed E-state index contributed by atoms with van der Waals surface area (Å²) in [6.45, 7) is 4.76. The third-order valence-corrected chi connectivity index (χ3v) is 6.21. The summed E-state index contributed by atoms with van der Waals surface area (Å²) < 4.78 is 0. The van der Waals surface area contributed by atoms with E-state index in [0.29, 0.717) is 5.41 Å². The Bertz CT molecular complexity index is 754. The molecule has 0 radical (unpaired) electrons. The van der Waals surface area contributed by atoms with Crippen LogP contribution in [0.5, 0.6) is 0 Å². The van der Waals surface area contributed by atoms with Gasteiger partial charge in [-0.05, 0) is 56.9 Å². The van der Waals surface area contributed by atoms with Crippen molar-refractivity contribution < 1.29 is 4.79 Å². The maximum Gasteiger partial charge on any atom is 0.223 e. The smallest absolute Gasteiger partial charge is 0.223 e. The maximum atomic E-state index is 12.1. The second-order valence-electron chi connectivity index (χ2n) is 7.73. The summed E-state index contributed by atoms with van der Waals surface area (Å²) in [4.78, 5) is 23.8. The molecule has 0 bridgehead atoms. The average Bonchev–Trinajstić information content (AvgIpc) is 3.14. The zero-order valence-corrected chi connectivity index (χ0v) is 15.4. The first-order chi connectivity index (χ1) is 12.7. The minimum absolute atomic E-state index is 0.222. The number of hydrogen-bond donors (Lipinski definition) is 3. The first-order valence-electron chi connectivity index (χ1n) is 9.76. The van der Waals surface area contributed by atoms with Crippen LogP contribution >= 0.6 is 0 Å². The summed E-state index contributed by atoms with van der Waals surface area (Å²) in [5.41, 5.74) is 4.76. The number of rotatable bonds is 4. The van der Waals surface area contributed by atoms with E-state index in [9.17, 15) is 4.79 Å². The molecule has 1 saturated carbocycles. The third-order valence-electron chi connectivity index (χ3n) is 6.21. The molecule has 7 nitrogen and oxygen atoms in total. The summed E-state index contributed by atoms with van der Waals surface area (Å²) in [7, 11) is 0. The fourth-order valence-corrected chi connectivity index (χ4v) is 4.52. The molecule has 3 heterocycles. The Morgan fingerprint density at radius 3 is 2.77 bits per heavy atom. The fourth-order valence-electron chi connectivity index (χ4n) is 4.52. The van der Waals surface area contributed by atoms with Gasteiger partial charge >= 0.3 is 0 Å². The molecule has 26 heavy (non-hydrogen) atoms. The van der Waals surface area contributed by atoms with Crippen LogP contribution in [0.4, 0.5) is 5.82 Å². The number of amides is 1. The molecule has 7 heteroatoms. The molecule has 1 aliphatic heterocycles. The second-order valence-corrected chi connectivity index (χ2v) is 7.73. The number of nitrogens with one attached hydrogen (secondary N) is 3. The number of piperidine rings is 1. The molecule has 2 aliphatic rings. The largest absolute Gasteiger partial charge is 0.356 e. The lowest BCUT2D eigenvalue weighted by atomic mass is 9.65. The van der Waals surface area contributed by atoms with Crippen molar-refractivity contribution in [1.82, 2.24) is 25.3 Å². The zero-order valence-electron chi connectivity index (χ0n) is 15.4. The van der Waals surface area contributed by atoms with Crippen LogP contribution in [0, 0.1) is 11.3 Å². The van der Waals surface area contributed by atoms with Gasteiger partial charge in [-0.1, -0.05) is 0 Å². The first kappa shape index (κ1) is 17.3. The molecular formula is C19H28N6O. The molecule has 140 valence electrons. The number of nitrogens with zero attached hydrogens (tertiary/aromatic N) is 3. The van der Waals surface area contributed by atoms with E-state index >= 15 is 0 Å². The Balaban J connectivity index is 1.32. The average molecular weight is 356 g/mol. The Morgan fingerprint density at radius 2 is 2.04 bits per heavy atom. The van der Waals surface area contributed by atoms with E-state index in [2.05, 4.69) is 30.7 Å². The van der Waals surface area contributed by atoms with Crippen LogP contribution in [0.3, 0.4) is 0 Å². The number of aromatic nitrogens is 3. The number of hydrogen-bond acceptors (Lipinski definition) is 5. The van der Waals surface area contributed by atoms with Gasteiger partial charge in [-0.3, -0.25) is 4.79 Å². The van der Waals surface area contributed by atoms with Crippen LogP contribution in [-0.4, -0.2) is 45.5 Å². The van der Waals surface area contributed by atoms with E-state index in [4.69, 9.17) is 0 Å². The maximum absolute atomic E-state index is 12.1. The van der Waals surface area contributed by atoms with Crippen molar-refractivity contribution in [3.05, 3.63) is 18.6 Å². The monoisotopic (exact) mass is 356 g/mol.